The standard InChI is InChI=1S/C16H24N2O3/c1-10-5-6-11(16(17)8-12(19)9-16)7-13(10)18-14(20)21-15(2,3)4/h5-7,12,19H,8-9,17H2,1-4H3,(H,18,20). The third-order valence-electron chi connectivity index (χ3n) is 3.65. The highest BCUT2D eigenvalue weighted by atomic mass is 16.6. The minimum atomic E-state index is -0.539. The van der Waals surface area contributed by atoms with E-state index in [2.05, 4.69) is 5.32 Å². The number of carbonyl (C=O) groups excluding carboxylic acids is 1. The first kappa shape index (κ1) is 15.8. The minimum absolute atomic E-state index is 0.335. The predicted octanol–water partition coefficient (Wildman–Crippen LogP) is 2.65. The first-order valence-corrected chi connectivity index (χ1v) is 7.17. The summed E-state index contributed by atoms with van der Waals surface area (Å²) in [6.07, 6.45) is 0.269. The summed E-state index contributed by atoms with van der Waals surface area (Å²) in [6, 6.07) is 5.73. The molecule has 0 heterocycles. The molecule has 1 amide bonds. The first-order valence-electron chi connectivity index (χ1n) is 7.17. The van der Waals surface area contributed by atoms with E-state index in [4.69, 9.17) is 10.5 Å². The number of nitrogens with one attached hydrogen (secondary N) is 1. The fourth-order valence-corrected chi connectivity index (χ4v) is 2.50. The molecule has 1 aliphatic carbocycles. The number of aliphatic hydroxyl groups is 1. The molecule has 1 fully saturated rings. The molecule has 0 saturated heterocycles. The van der Waals surface area contributed by atoms with Gasteiger partial charge >= 0.3 is 6.09 Å². The number of aliphatic hydroxyl groups excluding tert-OH is 1. The normalized spacial score (nSPS) is 25.1. The smallest absolute Gasteiger partial charge is 0.412 e. The molecule has 0 radical (unpaired) electrons. The van der Waals surface area contributed by atoms with Crippen LogP contribution in [0.15, 0.2) is 18.2 Å². The number of nitrogens with two attached hydrogens (primary N) is 1. The average Bonchev–Trinajstić information content (AvgIpc) is 2.27. The van der Waals surface area contributed by atoms with E-state index in [1.54, 1.807) is 0 Å². The highest BCUT2D eigenvalue weighted by Gasteiger charge is 2.41. The van der Waals surface area contributed by atoms with Gasteiger partial charge in [-0.05, 0) is 57.7 Å². The van der Waals surface area contributed by atoms with Crippen molar-refractivity contribution in [2.45, 2.75) is 57.8 Å². The molecule has 5 nitrogen and oxygen atoms in total. The fraction of sp³-hybridized carbons (Fsp3) is 0.562. The molecular formula is C16H24N2O3. The molecule has 5 heteroatoms. The summed E-state index contributed by atoms with van der Waals surface area (Å²) in [5.74, 6) is 0. The molecule has 0 aromatic heterocycles. The molecule has 116 valence electrons. The van der Waals surface area contributed by atoms with E-state index in [0.29, 0.717) is 18.5 Å². The molecule has 0 bridgehead atoms. The number of benzene rings is 1. The number of hydrogen-bond acceptors (Lipinski definition) is 4. The van der Waals surface area contributed by atoms with Crippen LogP contribution < -0.4 is 11.1 Å². The minimum Gasteiger partial charge on any atom is -0.444 e. The highest BCUT2D eigenvalue weighted by molar-refractivity contribution is 5.86. The molecule has 1 aromatic rings. The van der Waals surface area contributed by atoms with Gasteiger partial charge in [0.2, 0.25) is 0 Å². The van der Waals surface area contributed by atoms with Gasteiger partial charge in [-0.3, -0.25) is 5.32 Å². The van der Waals surface area contributed by atoms with Crippen LogP contribution in [0.2, 0.25) is 0 Å². The summed E-state index contributed by atoms with van der Waals surface area (Å²) in [5.41, 5.74) is 7.77. The molecule has 21 heavy (non-hydrogen) atoms. The molecule has 1 aliphatic rings. The van der Waals surface area contributed by atoms with Gasteiger partial charge in [0.15, 0.2) is 0 Å². The van der Waals surface area contributed by atoms with Gasteiger partial charge in [-0.25, -0.2) is 4.79 Å². The Morgan fingerprint density at radius 3 is 2.57 bits per heavy atom. The van der Waals surface area contributed by atoms with Crippen LogP contribution in [0.25, 0.3) is 0 Å². The maximum atomic E-state index is 11.9. The van der Waals surface area contributed by atoms with Crippen molar-refractivity contribution in [3.63, 3.8) is 0 Å². The number of amides is 1. The number of carbonyl (C=O) groups is 1. The fourth-order valence-electron chi connectivity index (χ4n) is 2.50. The quantitative estimate of drug-likeness (QED) is 0.782. The summed E-state index contributed by atoms with van der Waals surface area (Å²) < 4.78 is 5.26. The molecule has 0 atom stereocenters. The summed E-state index contributed by atoms with van der Waals surface area (Å²) in [7, 11) is 0. The van der Waals surface area contributed by atoms with Crippen molar-refractivity contribution in [2.75, 3.05) is 5.32 Å². The maximum absolute atomic E-state index is 11.9. The summed E-state index contributed by atoms with van der Waals surface area (Å²) in [4.78, 5) is 11.9. The molecular weight excluding hydrogens is 268 g/mol. The van der Waals surface area contributed by atoms with Gasteiger partial charge in [0, 0.05) is 11.2 Å². The van der Waals surface area contributed by atoms with Crippen LogP contribution in [-0.4, -0.2) is 22.9 Å². The SMILES string of the molecule is Cc1ccc(C2(N)CC(O)C2)cc1NC(=O)OC(C)(C)C. The van der Waals surface area contributed by atoms with Crippen LogP contribution in [0, 0.1) is 6.92 Å². The van der Waals surface area contributed by atoms with E-state index >= 15 is 0 Å². The van der Waals surface area contributed by atoms with E-state index in [0.717, 1.165) is 11.1 Å². The van der Waals surface area contributed by atoms with E-state index in [9.17, 15) is 9.90 Å². The molecule has 0 unspecified atom stereocenters. The number of rotatable bonds is 2. The lowest BCUT2D eigenvalue weighted by molar-refractivity contribution is 0.0209. The molecule has 1 aromatic carbocycles. The van der Waals surface area contributed by atoms with Crippen molar-refractivity contribution in [2.24, 2.45) is 5.73 Å². The van der Waals surface area contributed by atoms with Gasteiger partial charge in [0.05, 0.1) is 6.10 Å². The zero-order chi connectivity index (χ0) is 15.8. The first-order chi connectivity index (χ1) is 9.59. The Morgan fingerprint density at radius 1 is 1.43 bits per heavy atom. The largest absolute Gasteiger partial charge is 0.444 e. The second-order valence-electron chi connectivity index (χ2n) is 6.87. The van der Waals surface area contributed by atoms with Crippen LogP contribution in [0.3, 0.4) is 0 Å². The number of anilines is 1. The van der Waals surface area contributed by atoms with Gasteiger partial charge in [-0.2, -0.15) is 0 Å². The number of hydrogen-bond donors (Lipinski definition) is 3. The van der Waals surface area contributed by atoms with E-state index in [-0.39, 0.29) is 6.10 Å². The number of ether oxygens (including phenoxy) is 1. The zero-order valence-electron chi connectivity index (χ0n) is 13.1. The van der Waals surface area contributed by atoms with Crippen molar-refractivity contribution in [3.05, 3.63) is 29.3 Å². The van der Waals surface area contributed by atoms with E-state index < -0.39 is 17.2 Å². The second-order valence-corrected chi connectivity index (χ2v) is 6.87. The topological polar surface area (TPSA) is 84.6 Å². The van der Waals surface area contributed by atoms with Crippen molar-refractivity contribution in [3.8, 4) is 0 Å². The molecule has 1 saturated carbocycles. The lowest BCUT2D eigenvalue weighted by Gasteiger charge is -2.43. The Labute approximate surface area is 125 Å². The Bertz CT molecular complexity index is 543. The van der Waals surface area contributed by atoms with Gasteiger partial charge in [-0.15, -0.1) is 0 Å². The van der Waals surface area contributed by atoms with Crippen molar-refractivity contribution < 1.29 is 14.6 Å². The van der Waals surface area contributed by atoms with Crippen molar-refractivity contribution in [1.29, 1.82) is 0 Å². The van der Waals surface area contributed by atoms with Gasteiger partial charge in [0.1, 0.15) is 5.60 Å². The Morgan fingerprint density at radius 2 is 2.05 bits per heavy atom. The predicted molar refractivity (Wildman–Crippen MR) is 82.1 cm³/mol. The van der Waals surface area contributed by atoms with Crippen LogP contribution in [0.5, 0.6) is 0 Å². The van der Waals surface area contributed by atoms with Crippen LogP contribution in [-0.2, 0) is 10.3 Å². The zero-order valence-corrected chi connectivity index (χ0v) is 13.1. The Hall–Kier alpha value is -1.59. The number of aryl methyl sites for hydroxylation is 1. The van der Waals surface area contributed by atoms with Gasteiger partial charge in [-0.1, -0.05) is 12.1 Å². The van der Waals surface area contributed by atoms with E-state index in [1.165, 1.54) is 0 Å². The van der Waals surface area contributed by atoms with Gasteiger partial charge in [0.25, 0.3) is 0 Å². The van der Waals surface area contributed by atoms with Crippen LogP contribution in [0.1, 0.15) is 44.7 Å². The lowest BCUT2D eigenvalue weighted by atomic mass is 9.70. The summed E-state index contributed by atoms with van der Waals surface area (Å²) in [5, 5.41) is 12.2. The third-order valence-corrected chi connectivity index (χ3v) is 3.65. The summed E-state index contributed by atoms with van der Waals surface area (Å²) >= 11 is 0. The second kappa shape index (κ2) is 5.31. The molecule has 4 N–H and O–H groups in total. The van der Waals surface area contributed by atoms with Crippen LogP contribution >= 0.6 is 0 Å². The van der Waals surface area contributed by atoms with Crippen molar-refractivity contribution >= 4 is 11.8 Å². The lowest BCUT2D eigenvalue weighted by Crippen LogP contribution is -2.51. The maximum Gasteiger partial charge on any atom is 0.412 e. The van der Waals surface area contributed by atoms with E-state index in [1.807, 2.05) is 45.9 Å². The van der Waals surface area contributed by atoms with Crippen LogP contribution in [0.4, 0.5) is 10.5 Å². The monoisotopic (exact) mass is 292 g/mol. The van der Waals surface area contributed by atoms with Crippen molar-refractivity contribution in [1.82, 2.24) is 0 Å². The van der Waals surface area contributed by atoms with Gasteiger partial charge < -0.3 is 15.6 Å². The Kier molecular flexibility index (Phi) is 4.00. The third kappa shape index (κ3) is 3.74. The average molecular weight is 292 g/mol. The molecule has 2 rings (SSSR count). The molecule has 0 spiro atoms. The highest BCUT2D eigenvalue weighted by Crippen LogP contribution is 2.40. The molecule has 0 aliphatic heterocycles. The summed E-state index contributed by atoms with van der Waals surface area (Å²) in [6.45, 7) is 7.37. The Balaban J connectivity index is 2.15.